The predicted molar refractivity (Wildman–Crippen MR) is 630 cm³/mol. The molecule has 704 valence electrons. The highest BCUT2D eigenvalue weighted by Crippen LogP contribution is 2.42. The molecule has 0 saturated carbocycles. The molecule has 0 N–H and O–H groups in total. The average Bonchev–Trinajstić information content (AvgIpc) is 1.50. The first-order valence-electron chi connectivity index (χ1n) is 49.0. The molecule has 10 nitrogen and oxygen atoms in total. The Hall–Kier alpha value is -16.5. The van der Waals surface area contributed by atoms with Gasteiger partial charge in [0.1, 0.15) is 22.3 Å². The van der Waals surface area contributed by atoms with E-state index in [4.69, 9.17) is 44.2 Å². The topological polar surface area (TPSA) is 131 Å². The van der Waals surface area contributed by atoms with E-state index in [1.807, 2.05) is 12.1 Å². The van der Waals surface area contributed by atoms with Gasteiger partial charge in [-0.25, -0.2) is 0 Å². The summed E-state index contributed by atoms with van der Waals surface area (Å²) in [6.45, 7) is 0. The summed E-state index contributed by atoms with van der Waals surface area (Å²) in [5.74, 6) is 1.11. The minimum atomic E-state index is -2.76. The zero-order valence-electron chi connectivity index (χ0n) is 78.7. The van der Waals surface area contributed by atoms with Gasteiger partial charge in [0.2, 0.25) is 0 Å². The zero-order valence-corrected chi connectivity index (χ0v) is 87.6. The van der Waals surface area contributed by atoms with Crippen LogP contribution >= 0.6 is 68.0 Å². The second-order valence-electron chi connectivity index (χ2n) is 37.4. The van der Waals surface area contributed by atoms with Gasteiger partial charge in [-0.3, -0.25) is 0 Å². The van der Waals surface area contributed by atoms with Gasteiger partial charge in [0, 0.05) is 94.2 Å². The molecule has 0 bridgehead atoms. The Morgan fingerprint density at radius 1 is 0.142 bits per heavy atom. The number of rotatable bonds is 16. The van der Waals surface area contributed by atoms with E-state index in [2.05, 4.69) is 435 Å². The fourth-order valence-electron chi connectivity index (χ4n) is 23.4. The van der Waals surface area contributed by atoms with Crippen LogP contribution in [0, 0.1) is 0 Å². The number of benzene rings is 16. The summed E-state index contributed by atoms with van der Waals surface area (Å²) < 4.78 is 63.7. The molecule has 0 aliphatic rings. The maximum absolute atomic E-state index is 6.19. The molecule has 16 aromatic heterocycles. The maximum atomic E-state index is 6.19. The average molecular weight is 2080 g/mol. The molecular weight excluding hydrogens is 2000 g/mol. The van der Waals surface area contributed by atoms with Crippen LogP contribution in [0.25, 0.3) is 168 Å². The normalized spacial score (nSPS) is 12.3. The van der Waals surface area contributed by atoms with Crippen LogP contribution in [-0.4, -0.2) is 32.3 Å². The van der Waals surface area contributed by atoms with Gasteiger partial charge in [0.15, 0.2) is 61.7 Å². The van der Waals surface area contributed by atoms with Crippen LogP contribution in [0.2, 0.25) is 0 Å². The number of fused-ring (bicyclic) bond motifs is 24. The van der Waals surface area contributed by atoms with Gasteiger partial charge in [-0.1, -0.05) is 373 Å². The van der Waals surface area contributed by atoms with Crippen molar-refractivity contribution in [1.82, 2.24) is 0 Å². The molecule has 16 heterocycles. The third-order valence-corrected chi connectivity index (χ3v) is 54.8. The van der Waals surface area contributed by atoms with Gasteiger partial charge in [-0.05, 0) is 203 Å². The second kappa shape index (κ2) is 35.8. The van der Waals surface area contributed by atoms with E-state index in [1.54, 1.807) is 106 Å². The zero-order chi connectivity index (χ0) is 97.6. The summed E-state index contributed by atoms with van der Waals surface area (Å²) >= 11 is 10.2. The molecule has 0 aliphatic carbocycles. The van der Waals surface area contributed by atoms with Crippen molar-refractivity contribution in [2.75, 3.05) is 0 Å². The van der Waals surface area contributed by atoms with Crippen LogP contribution in [0.4, 0.5) is 0 Å². The van der Waals surface area contributed by atoms with Crippen LogP contribution in [0.3, 0.4) is 0 Å². The lowest BCUT2D eigenvalue weighted by Crippen LogP contribution is -2.74. The van der Waals surface area contributed by atoms with Crippen molar-refractivity contribution in [2.24, 2.45) is 0 Å². The van der Waals surface area contributed by atoms with E-state index in [9.17, 15) is 0 Å². The third-order valence-electron chi connectivity index (χ3n) is 29.9. The smallest absolute Gasteiger partial charge is 0.298 e. The lowest BCUT2D eigenvalue weighted by Gasteiger charge is -2.34. The van der Waals surface area contributed by atoms with Crippen molar-refractivity contribution in [2.45, 2.75) is 0 Å². The highest BCUT2D eigenvalue weighted by Gasteiger charge is 2.47. The Kier molecular flexibility index (Phi) is 21.3. The van der Waals surface area contributed by atoms with Gasteiger partial charge in [-0.15, -0.1) is 22.7 Å². The third kappa shape index (κ3) is 14.0. The first kappa shape index (κ1) is 88.1. The molecule has 0 unspecified atom stereocenters. The van der Waals surface area contributed by atoms with Crippen molar-refractivity contribution >= 4 is 352 Å². The van der Waals surface area contributed by atoms with Crippen molar-refractivity contribution in [1.29, 1.82) is 0 Å². The Bertz CT molecular complexity index is 8780. The van der Waals surface area contributed by atoms with E-state index in [-0.39, 0.29) is 0 Å². The number of hydrogen-bond donors (Lipinski definition) is 0. The molecule has 0 fully saturated rings. The largest absolute Gasteiger partial charge is 0.454 e. The Morgan fingerprint density at radius 3 is 0.581 bits per heavy atom. The summed E-state index contributed by atoms with van der Waals surface area (Å²) in [6.07, 6.45) is 10.6. The number of thiophene rings is 6. The van der Waals surface area contributed by atoms with E-state index < -0.39 is 32.3 Å². The number of hydrogen-bond acceptors (Lipinski definition) is 16. The SMILES string of the molecule is c1ccc([Si](c2ccccc2)(c2ccc3oc4occc4c3c2)c2ccc3oc4occc4c3c2)cc1.c1ccc([Si](c2ccccc2)(c2ccc3oc4sccc4c3c2)c2ccc3oc4sccc4c3c2)cc1.c1ccc([Si](c2ccccc2)(c2ccc3sc4occc4c3c2)c2ccc3sc4occc4c3c2)cc1.c1ccc([Si](c2ccccc2)(c2ccc3sc4occc4c3c2)c2ccc3sc4occc4c3c2)cc1. The van der Waals surface area contributed by atoms with Crippen LogP contribution in [0.15, 0.2) is 529 Å². The first-order chi connectivity index (χ1) is 73.3. The molecule has 0 spiro atoms. The molecule has 0 amide bonds. The van der Waals surface area contributed by atoms with Crippen molar-refractivity contribution in [3.63, 3.8) is 0 Å². The maximum Gasteiger partial charge on any atom is 0.298 e. The van der Waals surface area contributed by atoms with Gasteiger partial charge in [0.25, 0.3) is 11.6 Å². The Labute approximate surface area is 873 Å². The molecule has 32 rings (SSSR count). The highest BCUT2D eigenvalue weighted by atomic mass is 32.1. The minimum absolute atomic E-state index is 0.556. The van der Waals surface area contributed by atoms with Gasteiger partial charge < -0.3 is 44.2 Å². The molecule has 0 aliphatic heterocycles. The van der Waals surface area contributed by atoms with E-state index in [0.29, 0.717) is 11.6 Å². The Morgan fingerprint density at radius 2 is 0.338 bits per heavy atom. The first-order valence-corrected chi connectivity index (χ1v) is 62.0. The van der Waals surface area contributed by atoms with E-state index in [1.165, 1.54) is 166 Å². The fraction of sp³-hybridized carbons (Fsp3) is 0. The fourth-order valence-corrected chi connectivity index (χ4v) is 48.1. The summed E-state index contributed by atoms with van der Waals surface area (Å²) in [5.41, 5.74) is 3.54. The lowest BCUT2D eigenvalue weighted by molar-refractivity contribution is 0.498. The lowest BCUT2D eigenvalue weighted by atomic mass is 10.2. The van der Waals surface area contributed by atoms with Crippen LogP contribution in [0.1, 0.15) is 0 Å². The van der Waals surface area contributed by atoms with Crippen LogP contribution in [-0.2, 0) is 0 Å². The molecule has 0 radical (unpaired) electrons. The minimum Gasteiger partial charge on any atom is -0.454 e. The summed E-state index contributed by atoms with van der Waals surface area (Å²) in [6, 6.07) is 160. The highest BCUT2D eigenvalue weighted by molar-refractivity contribution is 7.28. The molecule has 20 heteroatoms. The Balaban J connectivity index is 0.0000000930. The van der Waals surface area contributed by atoms with Gasteiger partial charge in [-0.2, -0.15) is 0 Å². The predicted octanol–water partition coefficient (Wildman–Crippen LogP) is 27.0. The summed E-state index contributed by atoms with van der Waals surface area (Å²) in [4.78, 5) is 5.92. The van der Waals surface area contributed by atoms with Crippen LogP contribution < -0.4 is 83.0 Å². The van der Waals surface area contributed by atoms with Crippen LogP contribution in [0.5, 0.6) is 0 Å². The molecule has 0 atom stereocenters. The monoisotopic (exact) mass is 2080 g/mol. The summed E-state index contributed by atoms with van der Waals surface area (Å²) in [7, 11) is -10.8. The van der Waals surface area contributed by atoms with Crippen molar-refractivity contribution in [3.8, 4) is 0 Å². The molecular formula is C128H80O10S6Si4. The van der Waals surface area contributed by atoms with Gasteiger partial charge in [0.05, 0.1) is 48.4 Å². The van der Waals surface area contributed by atoms with Crippen molar-refractivity contribution in [3.05, 3.63) is 485 Å². The standard InChI is InChI=1S/C32H20O4Si.3C32H20O2S2Si/c1-3-7-21(8-4-1)37(22-9-5-2-6-10-22,23-11-13-29-27(19-23)25-15-17-33-31(25)35-29)24-12-14-30-28(20-24)26-16-18-34-32(26)36-30;1-3-7-21(8-4-1)37(22-9-5-2-6-10-22,23-11-13-29-27(19-23)25-15-17-35-31(25)33-29)24-12-14-30-28(20-24)26-16-18-36-32(26)34-30;2*1-3-7-21(8-4-1)37(22-9-5-2-6-10-22,23-11-13-29-27(19-23)25-15-17-33-31(25)35-29)24-12-14-30-28(20-24)26-16-18-34-32(26)36-30/h4*1-20H. The van der Waals surface area contributed by atoms with Gasteiger partial charge >= 0.3 is 0 Å². The van der Waals surface area contributed by atoms with E-state index in [0.717, 1.165) is 73.3 Å². The molecule has 16 aromatic carbocycles. The quantitative estimate of drug-likeness (QED) is 0.0680. The molecule has 0 saturated heterocycles. The molecule has 148 heavy (non-hydrogen) atoms. The molecule has 32 aromatic rings. The number of furan rings is 10. The van der Waals surface area contributed by atoms with Crippen molar-refractivity contribution < 1.29 is 44.2 Å². The summed E-state index contributed by atoms with van der Waals surface area (Å²) in [5, 5.41) is 44.4. The van der Waals surface area contributed by atoms with E-state index >= 15 is 0 Å². The second-order valence-corrected chi connectivity index (χ2v) is 58.5.